The fourth-order valence-electron chi connectivity index (χ4n) is 2.10. The van der Waals surface area contributed by atoms with Crippen LogP contribution >= 0.6 is 43.2 Å². The standard InChI is InChI=1S/C14H10Br2N2O2S/c15-8-3-4-21-14(8)13(16)7-1-2-9-10(5-7)18-12(20)6-11(19)17-9/h1-5,13H,6H2,(H,17,19)(H,18,20). The van der Waals surface area contributed by atoms with Crippen molar-refractivity contribution in [3.8, 4) is 0 Å². The van der Waals surface area contributed by atoms with Crippen LogP contribution in [0.1, 0.15) is 21.7 Å². The van der Waals surface area contributed by atoms with Crippen LogP contribution < -0.4 is 10.6 Å². The summed E-state index contributed by atoms with van der Waals surface area (Å²) in [5.74, 6) is -0.595. The van der Waals surface area contributed by atoms with Gasteiger partial charge in [0.25, 0.3) is 0 Å². The Balaban J connectivity index is 1.98. The average molecular weight is 430 g/mol. The molecule has 1 atom stereocenters. The number of amides is 2. The quantitative estimate of drug-likeness (QED) is 0.553. The van der Waals surface area contributed by atoms with Crippen molar-refractivity contribution in [3.63, 3.8) is 0 Å². The van der Waals surface area contributed by atoms with Crippen molar-refractivity contribution in [1.29, 1.82) is 0 Å². The first-order chi connectivity index (χ1) is 10.0. The van der Waals surface area contributed by atoms with Gasteiger partial charge in [-0.1, -0.05) is 22.0 Å². The Hall–Kier alpha value is -1.18. The number of halogens is 2. The Morgan fingerprint density at radius 3 is 2.48 bits per heavy atom. The number of rotatable bonds is 2. The van der Waals surface area contributed by atoms with E-state index in [0.29, 0.717) is 11.4 Å². The molecule has 1 aromatic heterocycles. The normalized spacial score (nSPS) is 15.7. The molecule has 0 aliphatic carbocycles. The lowest BCUT2D eigenvalue weighted by Crippen LogP contribution is -2.16. The van der Waals surface area contributed by atoms with Gasteiger partial charge in [0.2, 0.25) is 11.8 Å². The molecule has 4 nitrogen and oxygen atoms in total. The lowest BCUT2D eigenvalue weighted by atomic mass is 10.1. The highest BCUT2D eigenvalue weighted by atomic mass is 79.9. The summed E-state index contributed by atoms with van der Waals surface area (Å²) in [7, 11) is 0. The Morgan fingerprint density at radius 2 is 1.81 bits per heavy atom. The van der Waals surface area contributed by atoms with Gasteiger partial charge in [-0.25, -0.2) is 0 Å². The van der Waals surface area contributed by atoms with E-state index in [1.54, 1.807) is 11.3 Å². The maximum atomic E-state index is 11.6. The summed E-state index contributed by atoms with van der Waals surface area (Å²) in [4.78, 5) is 24.3. The van der Waals surface area contributed by atoms with Crippen LogP contribution in [-0.2, 0) is 9.59 Å². The van der Waals surface area contributed by atoms with E-state index in [2.05, 4.69) is 42.5 Å². The van der Waals surface area contributed by atoms with Gasteiger partial charge in [0, 0.05) is 9.35 Å². The molecule has 0 saturated carbocycles. The lowest BCUT2D eigenvalue weighted by Gasteiger charge is -2.13. The fourth-order valence-corrected chi connectivity index (χ4v) is 4.87. The predicted molar refractivity (Wildman–Crippen MR) is 91.1 cm³/mol. The number of alkyl halides is 1. The summed E-state index contributed by atoms with van der Waals surface area (Å²) < 4.78 is 1.04. The van der Waals surface area contributed by atoms with E-state index in [0.717, 1.165) is 14.9 Å². The molecule has 2 amide bonds. The second kappa shape index (κ2) is 5.90. The van der Waals surface area contributed by atoms with E-state index < -0.39 is 0 Å². The third-order valence-corrected chi connectivity index (χ3v) is 6.31. The molecule has 1 aliphatic heterocycles. The van der Waals surface area contributed by atoms with Gasteiger partial charge in [0.05, 0.1) is 16.2 Å². The first kappa shape index (κ1) is 14.7. The molecular weight excluding hydrogens is 420 g/mol. The van der Waals surface area contributed by atoms with Crippen molar-refractivity contribution in [2.45, 2.75) is 11.2 Å². The van der Waals surface area contributed by atoms with E-state index in [4.69, 9.17) is 0 Å². The summed E-state index contributed by atoms with van der Waals surface area (Å²) in [5.41, 5.74) is 2.26. The summed E-state index contributed by atoms with van der Waals surface area (Å²) in [5, 5.41) is 7.49. The monoisotopic (exact) mass is 428 g/mol. The van der Waals surface area contributed by atoms with Crippen molar-refractivity contribution >= 4 is 66.4 Å². The van der Waals surface area contributed by atoms with Gasteiger partial charge in [-0.05, 0) is 45.1 Å². The zero-order valence-corrected chi connectivity index (χ0v) is 14.6. The number of carbonyl (C=O) groups excluding carboxylic acids is 2. The molecule has 0 bridgehead atoms. The van der Waals surface area contributed by atoms with Gasteiger partial charge >= 0.3 is 0 Å². The van der Waals surface area contributed by atoms with Crippen LogP contribution in [0.3, 0.4) is 0 Å². The molecule has 1 unspecified atom stereocenters. The van der Waals surface area contributed by atoms with E-state index >= 15 is 0 Å². The van der Waals surface area contributed by atoms with Crippen LogP contribution in [0.25, 0.3) is 0 Å². The summed E-state index contributed by atoms with van der Waals surface area (Å²) in [6, 6.07) is 7.62. The molecule has 1 aliphatic rings. The SMILES string of the molecule is O=C1CC(=O)Nc2cc(C(Br)c3sccc3Br)ccc2N1. The highest BCUT2D eigenvalue weighted by molar-refractivity contribution is 9.11. The number of hydrogen-bond acceptors (Lipinski definition) is 3. The van der Waals surface area contributed by atoms with Gasteiger partial charge in [-0.15, -0.1) is 11.3 Å². The smallest absolute Gasteiger partial charge is 0.233 e. The molecule has 0 radical (unpaired) electrons. The van der Waals surface area contributed by atoms with Crippen molar-refractivity contribution < 1.29 is 9.59 Å². The van der Waals surface area contributed by atoms with Gasteiger partial charge in [-0.2, -0.15) is 0 Å². The molecule has 2 N–H and O–H groups in total. The minimum atomic E-state index is -0.299. The fraction of sp³-hybridized carbons (Fsp3) is 0.143. The number of benzene rings is 1. The molecule has 2 heterocycles. The molecule has 2 aromatic rings. The number of fused-ring (bicyclic) bond motifs is 1. The molecule has 0 fully saturated rings. The van der Waals surface area contributed by atoms with Crippen LogP contribution in [0.5, 0.6) is 0 Å². The summed E-state index contributed by atoms with van der Waals surface area (Å²) in [6.07, 6.45) is -0.155. The summed E-state index contributed by atoms with van der Waals surface area (Å²) in [6.45, 7) is 0. The predicted octanol–water partition coefficient (Wildman–Crippen LogP) is 4.28. The summed E-state index contributed by atoms with van der Waals surface area (Å²) >= 11 is 8.85. The van der Waals surface area contributed by atoms with Crippen molar-refractivity contribution in [2.24, 2.45) is 0 Å². The van der Waals surface area contributed by atoms with Crippen LogP contribution in [0.15, 0.2) is 34.1 Å². The lowest BCUT2D eigenvalue weighted by molar-refractivity contribution is -0.123. The number of thiophene rings is 1. The Labute approximate surface area is 142 Å². The van der Waals surface area contributed by atoms with Crippen molar-refractivity contribution in [3.05, 3.63) is 44.6 Å². The average Bonchev–Trinajstić information content (AvgIpc) is 2.79. The first-order valence-corrected chi connectivity index (χ1v) is 8.74. The molecule has 3 rings (SSSR count). The maximum absolute atomic E-state index is 11.6. The van der Waals surface area contributed by atoms with E-state index in [1.807, 2.05) is 29.6 Å². The minimum absolute atomic E-state index is 0.0213. The largest absolute Gasteiger partial charge is 0.324 e. The van der Waals surface area contributed by atoms with E-state index in [1.165, 1.54) is 0 Å². The van der Waals surface area contributed by atoms with Crippen LogP contribution in [-0.4, -0.2) is 11.8 Å². The van der Waals surface area contributed by atoms with Crippen LogP contribution in [0, 0.1) is 0 Å². The third kappa shape index (κ3) is 3.04. The number of hydrogen-bond donors (Lipinski definition) is 2. The molecule has 1 aromatic carbocycles. The van der Waals surface area contributed by atoms with Gasteiger partial charge in [-0.3, -0.25) is 9.59 Å². The van der Waals surface area contributed by atoms with Crippen molar-refractivity contribution in [1.82, 2.24) is 0 Å². The molecule has 0 spiro atoms. The Kier molecular flexibility index (Phi) is 4.14. The maximum Gasteiger partial charge on any atom is 0.233 e. The third-order valence-electron chi connectivity index (χ3n) is 3.08. The second-order valence-corrected chi connectivity index (χ2v) is 7.29. The Bertz CT molecular complexity index is 730. The van der Waals surface area contributed by atoms with Gasteiger partial charge in [0.1, 0.15) is 6.42 Å². The van der Waals surface area contributed by atoms with E-state index in [-0.39, 0.29) is 23.1 Å². The molecule has 108 valence electrons. The van der Waals surface area contributed by atoms with Gasteiger partial charge < -0.3 is 10.6 Å². The van der Waals surface area contributed by atoms with Gasteiger partial charge in [0.15, 0.2) is 0 Å². The molecule has 7 heteroatoms. The number of nitrogens with one attached hydrogen (secondary N) is 2. The highest BCUT2D eigenvalue weighted by Gasteiger charge is 2.21. The molecular formula is C14H10Br2N2O2S. The topological polar surface area (TPSA) is 58.2 Å². The zero-order valence-electron chi connectivity index (χ0n) is 10.7. The zero-order chi connectivity index (χ0) is 15.0. The number of anilines is 2. The van der Waals surface area contributed by atoms with Crippen molar-refractivity contribution in [2.75, 3.05) is 10.6 Å². The number of carbonyl (C=O) groups is 2. The Morgan fingerprint density at radius 1 is 1.10 bits per heavy atom. The van der Waals surface area contributed by atoms with Crippen LogP contribution in [0.2, 0.25) is 0 Å². The first-order valence-electron chi connectivity index (χ1n) is 6.15. The highest BCUT2D eigenvalue weighted by Crippen LogP contribution is 2.40. The van der Waals surface area contributed by atoms with E-state index in [9.17, 15) is 9.59 Å². The van der Waals surface area contributed by atoms with Crippen LogP contribution in [0.4, 0.5) is 11.4 Å². The second-order valence-electron chi connectivity index (χ2n) is 4.57. The molecule has 21 heavy (non-hydrogen) atoms. The minimum Gasteiger partial charge on any atom is -0.324 e. The molecule has 0 saturated heterocycles.